The highest BCUT2D eigenvalue weighted by molar-refractivity contribution is 6.13. The summed E-state index contributed by atoms with van der Waals surface area (Å²) in [6.07, 6.45) is -6.84. The van der Waals surface area contributed by atoms with Gasteiger partial charge in [0.25, 0.3) is 5.91 Å². The molecule has 0 radical (unpaired) electrons. The van der Waals surface area contributed by atoms with E-state index in [9.17, 15) is 35.9 Å². The van der Waals surface area contributed by atoms with Crippen LogP contribution < -0.4 is 5.32 Å². The van der Waals surface area contributed by atoms with Crippen molar-refractivity contribution >= 4 is 28.5 Å². The van der Waals surface area contributed by atoms with E-state index in [2.05, 4.69) is 16.9 Å². The predicted octanol–water partition coefficient (Wildman–Crippen LogP) is 6.35. The standard InChI is InChI=1S/C28H21F6N5O2/c1-2-23(40)38-13-12-19(15-38)39-25-20(24(37-39)16-6-8-17(9-7-16)27(29,30)31)4-3-5-21(25)26(41)36-22-11-10-18(14-35-22)28(32,33)34/h2-11,14,19H,1,12-13,15H2,(H,35,36,41). The molecule has 4 aromatic rings. The Balaban J connectivity index is 1.58. The Morgan fingerprint density at radius 2 is 1.63 bits per heavy atom. The number of likely N-dealkylation sites (tertiary alicyclic amines) is 1. The predicted molar refractivity (Wildman–Crippen MR) is 138 cm³/mol. The number of anilines is 1. The minimum absolute atomic E-state index is 0.113. The van der Waals surface area contributed by atoms with Crippen LogP contribution in [-0.4, -0.2) is 44.6 Å². The third-order valence-electron chi connectivity index (χ3n) is 6.79. The fourth-order valence-corrected chi connectivity index (χ4v) is 4.76. The number of halogens is 6. The van der Waals surface area contributed by atoms with Crippen LogP contribution in [0.4, 0.5) is 32.2 Å². The summed E-state index contributed by atoms with van der Waals surface area (Å²) < 4.78 is 79.8. The average molecular weight is 573 g/mol. The molecule has 2 aromatic carbocycles. The van der Waals surface area contributed by atoms with E-state index >= 15 is 0 Å². The molecule has 0 saturated carbocycles. The highest BCUT2D eigenvalue weighted by Gasteiger charge is 2.33. The molecule has 0 aliphatic carbocycles. The van der Waals surface area contributed by atoms with Crippen molar-refractivity contribution in [1.29, 1.82) is 0 Å². The van der Waals surface area contributed by atoms with Crippen LogP contribution in [0.15, 0.2) is 73.4 Å². The first kappa shape index (κ1) is 27.9. The molecular weight excluding hydrogens is 552 g/mol. The maximum atomic E-state index is 13.4. The maximum Gasteiger partial charge on any atom is 0.417 e. The van der Waals surface area contributed by atoms with Crippen molar-refractivity contribution in [2.45, 2.75) is 24.8 Å². The molecule has 5 rings (SSSR count). The van der Waals surface area contributed by atoms with E-state index in [1.165, 1.54) is 24.3 Å². The lowest BCUT2D eigenvalue weighted by molar-refractivity contribution is -0.138. The Morgan fingerprint density at radius 1 is 0.951 bits per heavy atom. The fraction of sp³-hybridized carbons (Fsp3) is 0.214. The molecule has 2 aromatic heterocycles. The largest absolute Gasteiger partial charge is 0.417 e. The summed E-state index contributed by atoms with van der Waals surface area (Å²) in [5.41, 5.74) is -0.640. The van der Waals surface area contributed by atoms with Crippen molar-refractivity contribution < 1.29 is 35.9 Å². The van der Waals surface area contributed by atoms with E-state index in [1.807, 2.05) is 0 Å². The van der Waals surface area contributed by atoms with Gasteiger partial charge < -0.3 is 10.2 Å². The third-order valence-corrected chi connectivity index (χ3v) is 6.79. The van der Waals surface area contributed by atoms with Gasteiger partial charge in [-0.05, 0) is 42.8 Å². The lowest BCUT2D eigenvalue weighted by atomic mass is 10.0. The number of nitrogens with zero attached hydrogens (tertiary/aromatic N) is 4. The second kappa shape index (κ2) is 10.4. The quantitative estimate of drug-likeness (QED) is 0.223. The number of benzene rings is 2. The Bertz CT molecular complexity index is 1630. The topological polar surface area (TPSA) is 80.1 Å². The van der Waals surface area contributed by atoms with Gasteiger partial charge in [0, 0.05) is 30.2 Å². The molecule has 1 unspecified atom stereocenters. The number of rotatable bonds is 5. The molecular formula is C28H21F6N5O2. The molecule has 3 heterocycles. The van der Waals surface area contributed by atoms with E-state index < -0.39 is 29.4 Å². The molecule has 0 bridgehead atoms. The van der Waals surface area contributed by atoms with E-state index in [-0.39, 0.29) is 29.9 Å². The van der Waals surface area contributed by atoms with Crippen LogP contribution in [0, 0.1) is 0 Å². The van der Waals surface area contributed by atoms with Crippen LogP contribution >= 0.6 is 0 Å². The summed E-state index contributed by atoms with van der Waals surface area (Å²) in [7, 11) is 0. The molecule has 1 atom stereocenters. The lowest BCUT2D eigenvalue weighted by Gasteiger charge is -2.16. The van der Waals surface area contributed by atoms with E-state index in [4.69, 9.17) is 5.10 Å². The van der Waals surface area contributed by atoms with Crippen LogP contribution in [-0.2, 0) is 17.1 Å². The van der Waals surface area contributed by atoms with Crippen molar-refractivity contribution in [3.63, 3.8) is 0 Å². The lowest BCUT2D eigenvalue weighted by Crippen LogP contribution is -2.27. The molecule has 1 aliphatic heterocycles. The van der Waals surface area contributed by atoms with Gasteiger partial charge in [0.15, 0.2) is 0 Å². The molecule has 1 fully saturated rings. The molecule has 212 valence electrons. The first-order valence-corrected chi connectivity index (χ1v) is 12.3. The molecule has 13 heteroatoms. The number of aromatic nitrogens is 3. The normalized spacial score (nSPS) is 15.8. The number of amides is 2. The smallest absolute Gasteiger partial charge is 0.337 e. The minimum atomic E-state index is -4.59. The van der Waals surface area contributed by atoms with Gasteiger partial charge in [0.05, 0.1) is 28.2 Å². The van der Waals surface area contributed by atoms with Gasteiger partial charge in [0.1, 0.15) is 11.5 Å². The number of carbonyl (C=O) groups is 2. The van der Waals surface area contributed by atoms with Gasteiger partial charge in [-0.3, -0.25) is 14.3 Å². The number of pyridine rings is 1. The summed E-state index contributed by atoms with van der Waals surface area (Å²) in [5, 5.41) is 7.65. The SMILES string of the molecule is C=CC(=O)N1CCC(n2nc(-c3ccc(C(F)(F)F)cc3)c3cccc(C(=O)Nc4ccc(C(F)(F)F)cn4)c32)C1. The summed E-state index contributed by atoms with van der Waals surface area (Å²) in [4.78, 5) is 30.8. The van der Waals surface area contributed by atoms with Crippen LogP contribution in [0.3, 0.4) is 0 Å². The van der Waals surface area contributed by atoms with Crippen molar-refractivity contribution in [3.05, 3.63) is 90.1 Å². The molecule has 1 N–H and O–H groups in total. The van der Waals surface area contributed by atoms with Gasteiger partial charge in [0.2, 0.25) is 5.91 Å². The number of nitrogens with one attached hydrogen (secondary N) is 1. The molecule has 0 spiro atoms. The molecule has 41 heavy (non-hydrogen) atoms. The Labute approximate surface area is 229 Å². The van der Waals surface area contributed by atoms with Gasteiger partial charge >= 0.3 is 12.4 Å². The van der Waals surface area contributed by atoms with Gasteiger partial charge in [-0.15, -0.1) is 0 Å². The second-order valence-electron chi connectivity index (χ2n) is 9.38. The number of alkyl halides is 6. The zero-order valence-electron chi connectivity index (χ0n) is 21.1. The number of fused-ring (bicyclic) bond motifs is 1. The third kappa shape index (κ3) is 5.52. The summed E-state index contributed by atoms with van der Waals surface area (Å²) in [5.74, 6) is -1.07. The average Bonchev–Trinajstić information content (AvgIpc) is 3.57. The maximum absolute atomic E-state index is 13.4. The van der Waals surface area contributed by atoms with Crippen molar-refractivity contribution in [2.24, 2.45) is 0 Å². The summed E-state index contributed by atoms with van der Waals surface area (Å²) >= 11 is 0. The highest BCUT2D eigenvalue weighted by atomic mass is 19.4. The number of para-hydroxylation sites is 1. The number of hydrogen-bond donors (Lipinski definition) is 1. The van der Waals surface area contributed by atoms with Crippen molar-refractivity contribution in [1.82, 2.24) is 19.7 Å². The van der Waals surface area contributed by atoms with Crippen LogP contribution in [0.2, 0.25) is 0 Å². The number of carbonyl (C=O) groups excluding carboxylic acids is 2. The van der Waals surface area contributed by atoms with Crippen LogP contribution in [0.25, 0.3) is 22.2 Å². The van der Waals surface area contributed by atoms with Crippen molar-refractivity contribution in [3.8, 4) is 11.3 Å². The Morgan fingerprint density at radius 3 is 2.24 bits per heavy atom. The molecule has 2 amide bonds. The Kier molecular flexibility index (Phi) is 7.05. The first-order chi connectivity index (χ1) is 19.4. The minimum Gasteiger partial charge on any atom is -0.337 e. The van der Waals surface area contributed by atoms with E-state index in [0.717, 1.165) is 24.3 Å². The van der Waals surface area contributed by atoms with E-state index in [1.54, 1.807) is 21.7 Å². The second-order valence-corrected chi connectivity index (χ2v) is 9.38. The fourth-order valence-electron chi connectivity index (χ4n) is 4.76. The molecule has 1 saturated heterocycles. The number of hydrogen-bond acceptors (Lipinski definition) is 4. The molecule has 1 aliphatic rings. The van der Waals surface area contributed by atoms with Gasteiger partial charge in [-0.1, -0.05) is 30.8 Å². The van der Waals surface area contributed by atoms with Crippen LogP contribution in [0.5, 0.6) is 0 Å². The molecule has 7 nitrogen and oxygen atoms in total. The Hall–Kier alpha value is -4.68. The highest BCUT2D eigenvalue weighted by Crippen LogP contribution is 2.37. The zero-order chi connectivity index (χ0) is 29.5. The first-order valence-electron chi connectivity index (χ1n) is 12.3. The summed E-state index contributed by atoms with van der Waals surface area (Å²) in [6, 6.07) is 10.6. The zero-order valence-corrected chi connectivity index (χ0v) is 21.1. The monoisotopic (exact) mass is 573 g/mol. The van der Waals surface area contributed by atoms with Gasteiger partial charge in [-0.2, -0.15) is 31.4 Å². The van der Waals surface area contributed by atoms with Crippen LogP contribution in [0.1, 0.15) is 33.9 Å². The summed E-state index contributed by atoms with van der Waals surface area (Å²) in [6.45, 7) is 4.16. The van der Waals surface area contributed by atoms with Gasteiger partial charge in [-0.25, -0.2) is 4.98 Å². The van der Waals surface area contributed by atoms with Crippen molar-refractivity contribution in [2.75, 3.05) is 18.4 Å². The van der Waals surface area contributed by atoms with E-state index in [0.29, 0.717) is 41.3 Å².